The average molecular weight is 492 g/mol. The van der Waals surface area contributed by atoms with E-state index in [0.29, 0.717) is 30.3 Å². The second kappa shape index (κ2) is 10.0. The molecule has 0 atom stereocenters. The molecular weight excluding hydrogens is 470 g/mol. The third-order valence-electron chi connectivity index (χ3n) is 5.50. The number of rotatable bonds is 8. The van der Waals surface area contributed by atoms with Crippen LogP contribution in [0.4, 0.5) is 23.2 Å². The Hall–Kier alpha value is -3.10. The number of ether oxygens (including phenoxy) is 1. The van der Waals surface area contributed by atoms with Gasteiger partial charge in [-0.2, -0.15) is 13.2 Å². The van der Waals surface area contributed by atoms with E-state index in [-0.39, 0.29) is 12.1 Å². The third kappa shape index (κ3) is 5.18. The fraction of sp³-hybridized carbons (Fsp3) is 0.240. The van der Waals surface area contributed by atoms with E-state index in [4.69, 9.17) is 16.3 Å². The van der Waals surface area contributed by atoms with Crippen LogP contribution >= 0.6 is 11.6 Å². The third-order valence-corrected chi connectivity index (χ3v) is 5.74. The van der Waals surface area contributed by atoms with E-state index in [9.17, 15) is 17.6 Å². The number of anilines is 1. The first-order valence-corrected chi connectivity index (χ1v) is 11.0. The van der Waals surface area contributed by atoms with E-state index >= 15 is 0 Å². The Labute approximate surface area is 198 Å². The number of alkyl halides is 3. The first-order chi connectivity index (χ1) is 16.3. The van der Waals surface area contributed by atoms with Gasteiger partial charge in [-0.05, 0) is 61.5 Å². The molecule has 0 aliphatic rings. The minimum Gasteiger partial charge on any atom is -0.497 e. The number of fused-ring (bicyclic) bond motifs is 2. The van der Waals surface area contributed by atoms with Crippen LogP contribution in [0.15, 0.2) is 54.6 Å². The SMILES string of the molecule is COc1ccc2nc3cc(Cl)ccc3c(NCCCNCc3c(F)cccc3C(F)(F)F)c2c1. The smallest absolute Gasteiger partial charge is 0.416 e. The average Bonchev–Trinajstić information content (AvgIpc) is 2.80. The molecule has 0 fully saturated rings. The van der Waals surface area contributed by atoms with Crippen LogP contribution in [-0.2, 0) is 12.7 Å². The predicted molar refractivity (Wildman–Crippen MR) is 127 cm³/mol. The molecule has 3 aromatic carbocycles. The number of methoxy groups -OCH3 is 1. The molecule has 0 aliphatic heterocycles. The molecular formula is C25H22ClF4N3O. The van der Waals surface area contributed by atoms with Gasteiger partial charge in [0.15, 0.2) is 0 Å². The van der Waals surface area contributed by atoms with Gasteiger partial charge >= 0.3 is 6.18 Å². The molecule has 0 spiro atoms. The van der Waals surface area contributed by atoms with Crippen molar-refractivity contribution in [1.82, 2.24) is 10.3 Å². The van der Waals surface area contributed by atoms with Gasteiger partial charge in [0, 0.05) is 34.4 Å². The molecule has 9 heteroatoms. The fourth-order valence-corrected chi connectivity index (χ4v) is 4.02. The summed E-state index contributed by atoms with van der Waals surface area (Å²) in [5.74, 6) is -0.180. The quantitative estimate of drug-likeness (QED) is 0.162. The number of halogens is 5. The van der Waals surface area contributed by atoms with Crippen LogP contribution in [0.2, 0.25) is 5.02 Å². The van der Waals surface area contributed by atoms with E-state index in [2.05, 4.69) is 15.6 Å². The van der Waals surface area contributed by atoms with E-state index in [1.165, 1.54) is 0 Å². The van der Waals surface area contributed by atoms with E-state index in [1.54, 1.807) is 19.2 Å². The fourth-order valence-electron chi connectivity index (χ4n) is 3.86. The number of nitrogens with one attached hydrogen (secondary N) is 2. The Bertz CT molecular complexity index is 1330. The zero-order valence-corrected chi connectivity index (χ0v) is 19.0. The monoisotopic (exact) mass is 491 g/mol. The van der Waals surface area contributed by atoms with Crippen LogP contribution in [0.1, 0.15) is 17.5 Å². The van der Waals surface area contributed by atoms with Crippen molar-refractivity contribution >= 4 is 39.1 Å². The van der Waals surface area contributed by atoms with Gasteiger partial charge < -0.3 is 15.4 Å². The Morgan fingerprint density at radius 1 is 0.971 bits per heavy atom. The van der Waals surface area contributed by atoms with Crippen molar-refractivity contribution in [3.8, 4) is 5.75 Å². The zero-order valence-electron chi connectivity index (χ0n) is 18.3. The maximum atomic E-state index is 14.0. The van der Waals surface area contributed by atoms with Gasteiger partial charge in [0.05, 0.1) is 29.4 Å². The van der Waals surface area contributed by atoms with Crippen molar-refractivity contribution in [2.24, 2.45) is 0 Å². The highest BCUT2D eigenvalue weighted by Crippen LogP contribution is 2.35. The lowest BCUT2D eigenvalue weighted by molar-refractivity contribution is -0.138. The van der Waals surface area contributed by atoms with Crippen LogP contribution in [0, 0.1) is 5.82 Å². The molecule has 4 rings (SSSR count). The van der Waals surface area contributed by atoms with Gasteiger partial charge in [-0.1, -0.05) is 17.7 Å². The summed E-state index contributed by atoms with van der Waals surface area (Å²) in [6, 6.07) is 14.1. The Morgan fingerprint density at radius 2 is 1.79 bits per heavy atom. The van der Waals surface area contributed by atoms with Gasteiger partial charge in [-0.25, -0.2) is 9.37 Å². The minimum atomic E-state index is -4.60. The van der Waals surface area contributed by atoms with Crippen molar-refractivity contribution in [3.05, 3.63) is 76.6 Å². The predicted octanol–water partition coefficient (Wildman–Crippen LogP) is 6.80. The second-order valence-corrected chi connectivity index (χ2v) is 8.19. The summed E-state index contributed by atoms with van der Waals surface area (Å²) < 4.78 is 58.8. The van der Waals surface area contributed by atoms with Gasteiger partial charge in [0.25, 0.3) is 0 Å². The Morgan fingerprint density at radius 3 is 2.56 bits per heavy atom. The van der Waals surface area contributed by atoms with E-state index in [1.807, 2.05) is 24.3 Å². The molecule has 0 saturated carbocycles. The van der Waals surface area contributed by atoms with Crippen molar-refractivity contribution < 1.29 is 22.3 Å². The number of hydrogen-bond donors (Lipinski definition) is 2. The summed E-state index contributed by atoms with van der Waals surface area (Å²) in [6.07, 6.45) is -4.01. The maximum absolute atomic E-state index is 14.0. The molecule has 0 saturated heterocycles. The van der Waals surface area contributed by atoms with Crippen LogP contribution in [0.5, 0.6) is 5.75 Å². The number of benzene rings is 3. The van der Waals surface area contributed by atoms with Crippen molar-refractivity contribution in [3.63, 3.8) is 0 Å². The van der Waals surface area contributed by atoms with E-state index in [0.717, 1.165) is 45.7 Å². The Balaban J connectivity index is 1.46. The van der Waals surface area contributed by atoms with Crippen molar-refractivity contribution in [2.45, 2.75) is 19.1 Å². The van der Waals surface area contributed by atoms with Crippen LogP contribution < -0.4 is 15.4 Å². The lowest BCUT2D eigenvalue weighted by Crippen LogP contribution is -2.21. The standard InChI is InChI=1S/C25H22ClF4N3O/c1-34-16-7-9-22-18(13-16)24(17-8-6-15(26)12-23(17)33-22)32-11-3-10-31-14-19-20(25(28,29)30)4-2-5-21(19)27/h2,4-9,12-13,31H,3,10-11,14H2,1H3,(H,32,33). The topological polar surface area (TPSA) is 46.2 Å². The number of nitrogens with zero attached hydrogens (tertiary/aromatic N) is 1. The number of aromatic nitrogens is 1. The lowest BCUT2D eigenvalue weighted by atomic mass is 10.1. The summed E-state index contributed by atoms with van der Waals surface area (Å²) in [4.78, 5) is 4.68. The normalized spacial score (nSPS) is 11.8. The minimum absolute atomic E-state index is 0.210. The largest absolute Gasteiger partial charge is 0.497 e. The lowest BCUT2D eigenvalue weighted by Gasteiger charge is -2.15. The summed E-state index contributed by atoms with van der Waals surface area (Å²) in [7, 11) is 1.59. The molecule has 4 nitrogen and oxygen atoms in total. The summed E-state index contributed by atoms with van der Waals surface area (Å²) >= 11 is 6.15. The van der Waals surface area contributed by atoms with Gasteiger partial charge in [0.1, 0.15) is 11.6 Å². The summed E-state index contributed by atoms with van der Waals surface area (Å²) in [6.45, 7) is 0.720. The van der Waals surface area contributed by atoms with Crippen molar-refractivity contribution in [2.75, 3.05) is 25.5 Å². The van der Waals surface area contributed by atoms with E-state index < -0.39 is 17.6 Å². The van der Waals surface area contributed by atoms with Gasteiger partial charge in [-0.15, -0.1) is 0 Å². The molecule has 0 unspecified atom stereocenters. The van der Waals surface area contributed by atoms with Crippen LogP contribution in [0.25, 0.3) is 21.8 Å². The van der Waals surface area contributed by atoms with Crippen molar-refractivity contribution in [1.29, 1.82) is 0 Å². The highest BCUT2D eigenvalue weighted by molar-refractivity contribution is 6.31. The molecule has 1 aromatic heterocycles. The first-order valence-electron chi connectivity index (χ1n) is 10.6. The van der Waals surface area contributed by atoms with Crippen LogP contribution in [-0.4, -0.2) is 25.2 Å². The molecule has 178 valence electrons. The molecule has 4 aromatic rings. The molecule has 1 heterocycles. The summed E-state index contributed by atoms with van der Waals surface area (Å²) in [5.41, 5.74) is 1.04. The van der Waals surface area contributed by atoms with Gasteiger partial charge in [-0.3, -0.25) is 0 Å². The Kier molecular flexibility index (Phi) is 7.09. The molecule has 0 radical (unpaired) electrons. The number of pyridine rings is 1. The summed E-state index contributed by atoms with van der Waals surface area (Å²) in [5, 5.41) is 8.67. The number of hydrogen-bond acceptors (Lipinski definition) is 4. The highest BCUT2D eigenvalue weighted by atomic mass is 35.5. The molecule has 0 amide bonds. The highest BCUT2D eigenvalue weighted by Gasteiger charge is 2.34. The molecule has 2 N–H and O–H groups in total. The van der Waals surface area contributed by atoms with Crippen LogP contribution in [0.3, 0.4) is 0 Å². The zero-order chi connectivity index (χ0) is 24.3. The maximum Gasteiger partial charge on any atom is 0.416 e. The molecule has 0 bridgehead atoms. The van der Waals surface area contributed by atoms with Gasteiger partial charge in [0.2, 0.25) is 0 Å². The second-order valence-electron chi connectivity index (χ2n) is 7.75. The molecule has 34 heavy (non-hydrogen) atoms. The molecule has 0 aliphatic carbocycles. The first kappa shape index (κ1) is 24.0.